The van der Waals surface area contributed by atoms with Crippen molar-refractivity contribution in [3.05, 3.63) is 47.2 Å². The fraction of sp³-hybridized carbons (Fsp3) is 0.464. The van der Waals surface area contributed by atoms with E-state index in [4.69, 9.17) is 14.2 Å². The quantitative estimate of drug-likeness (QED) is 0.600. The molecule has 0 spiro atoms. The van der Waals surface area contributed by atoms with E-state index >= 15 is 0 Å². The van der Waals surface area contributed by atoms with Crippen LogP contribution in [0.5, 0.6) is 17.4 Å². The third-order valence-corrected chi connectivity index (χ3v) is 6.55. The second-order valence-electron chi connectivity index (χ2n) is 9.50. The zero-order valence-electron chi connectivity index (χ0n) is 21.7. The first kappa shape index (κ1) is 26.3. The van der Waals surface area contributed by atoms with Crippen LogP contribution < -0.4 is 14.2 Å². The van der Waals surface area contributed by atoms with Crippen LogP contribution in [0.15, 0.2) is 30.5 Å². The van der Waals surface area contributed by atoms with Crippen LogP contribution in [0.1, 0.15) is 59.9 Å². The summed E-state index contributed by atoms with van der Waals surface area (Å²) in [4.78, 5) is 34.4. The first-order valence-corrected chi connectivity index (χ1v) is 12.5. The molecule has 0 unspecified atom stereocenters. The highest BCUT2D eigenvalue weighted by atomic mass is 16.7. The van der Waals surface area contributed by atoms with E-state index in [1.54, 1.807) is 54.2 Å². The van der Waals surface area contributed by atoms with Crippen molar-refractivity contribution in [1.82, 2.24) is 14.8 Å². The van der Waals surface area contributed by atoms with Crippen LogP contribution in [0, 0.1) is 17.8 Å². The molecule has 2 amide bonds. The summed E-state index contributed by atoms with van der Waals surface area (Å²) in [6, 6.07) is 6.39. The monoisotopic (exact) mass is 507 g/mol. The highest BCUT2D eigenvalue weighted by Crippen LogP contribution is 2.33. The highest BCUT2D eigenvalue weighted by molar-refractivity contribution is 5.97. The average molecular weight is 508 g/mol. The maximum absolute atomic E-state index is 13.5. The lowest BCUT2D eigenvalue weighted by molar-refractivity contribution is 0.0313. The number of rotatable bonds is 6. The van der Waals surface area contributed by atoms with Gasteiger partial charge < -0.3 is 29.1 Å². The number of amides is 2. The van der Waals surface area contributed by atoms with Crippen LogP contribution in [0.2, 0.25) is 0 Å². The Balaban J connectivity index is 1.61. The lowest BCUT2D eigenvalue weighted by Gasteiger charge is -2.37. The van der Waals surface area contributed by atoms with Crippen LogP contribution in [-0.2, 0) is 0 Å². The number of hydrogen-bond acceptors (Lipinski definition) is 7. The molecular weight excluding hydrogens is 474 g/mol. The van der Waals surface area contributed by atoms with E-state index in [-0.39, 0.29) is 43.6 Å². The van der Waals surface area contributed by atoms with Gasteiger partial charge in [0, 0.05) is 43.3 Å². The smallest absolute Gasteiger partial charge is 0.259 e. The normalized spacial score (nSPS) is 19.1. The fourth-order valence-electron chi connectivity index (χ4n) is 4.28. The van der Waals surface area contributed by atoms with E-state index in [9.17, 15) is 14.7 Å². The van der Waals surface area contributed by atoms with Crippen molar-refractivity contribution < 1.29 is 28.9 Å². The van der Waals surface area contributed by atoms with Crippen molar-refractivity contribution >= 4 is 11.8 Å². The summed E-state index contributed by atoms with van der Waals surface area (Å²) >= 11 is 0. The number of aliphatic hydroxyl groups is 1. The predicted molar refractivity (Wildman–Crippen MR) is 137 cm³/mol. The van der Waals surface area contributed by atoms with Gasteiger partial charge in [-0.1, -0.05) is 25.7 Å². The number of carbonyl (C=O) groups is 2. The third kappa shape index (κ3) is 5.81. The molecule has 4 rings (SSSR count). The standard InChI is InChI=1S/C28H33N3O6/c1-5-6-7-8-20-11-22-26(29-13-20)37-25(18(2)14-31(28(22)34)19(3)16-32)15-30(4)27(33)21-9-10-23-24(12-21)36-17-35-23/h9-13,18-19,25,32H,5-6,14-17H2,1-4H3/t18-,19+,25-/m0/s1. The number of likely N-dealkylation sites (N-methyl/N-ethyl adjacent to an activating group) is 1. The zero-order valence-corrected chi connectivity index (χ0v) is 21.7. The Bertz CT molecular complexity index is 1220. The van der Waals surface area contributed by atoms with Gasteiger partial charge in [0.05, 0.1) is 19.2 Å². The first-order valence-electron chi connectivity index (χ1n) is 12.5. The van der Waals surface area contributed by atoms with Gasteiger partial charge in [-0.15, -0.1) is 0 Å². The Kier molecular flexibility index (Phi) is 8.19. The molecule has 1 N–H and O–H groups in total. The summed E-state index contributed by atoms with van der Waals surface area (Å²) in [5, 5.41) is 9.84. The molecule has 196 valence electrons. The van der Waals surface area contributed by atoms with E-state index in [2.05, 4.69) is 23.7 Å². The van der Waals surface area contributed by atoms with Gasteiger partial charge in [-0.3, -0.25) is 9.59 Å². The Labute approximate surface area is 217 Å². The Morgan fingerprint density at radius 3 is 2.84 bits per heavy atom. The van der Waals surface area contributed by atoms with Gasteiger partial charge in [0.25, 0.3) is 11.8 Å². The largest absolute Gasteiger partial charge is 0.472 e. The topological polar surface area (TPSA) is 101 Å². The minimum Gasteiger partial charge on any atom is -0.472 e. The molecule has 0 aliphatic carbocycles. The molecule has 0 saturated heterocycles. The number of fused-ring (bicyclic) bond motifs is 2. The lowest BCUT2D eigenvalue weighted by Crippen LogP contribution is -2.50. The number of aromatic nitrogens is 1. The molecule has 37 heavy (non-hydrogen) atoms. The average Bonchev–Trinajstić information content (AvgIpc) is 3.38. The lowest BCUT2D eigenvalue weighted by atomic mass is 9.99. The molecule has 2 aliphatic rings. The molecule has 0 fully saturated rings. The number of aliphatic hydroxyl groups excluding tert-OH is 1. The number of nitrogens with zero attached hydrogens (tertiary/aromatic N) is 3. The summed E-state index contributed by atoms with van der Waals surface area (Å²) in [6.45, 7) is 6.39. The van der Waals surface area contributed by atoms with Crippen LogP contribution >= 0.6 is 0 Å². The van der Waals surface area contributed by atoms with E-state index in [0.717, 1.165) is 12.8 Å². The number of hydrogen-bond donors (Lipinski definition) is 1. The molecular formula is C28H33N3O6. The van der Waals surface area contributed by atoms with Gasteiger partial charge >= 0.3 is 0 Å². The van der Waals surface area contributed by atoms with E-state index in [1.807, 2.05) is 6.92 Å². The highest BCUT2D eigenvalue weighted by Gasteiger charge is 2.35. The van der Waals surface area contributed by atoms with Gasteiger partial charge in [-0.05, 0) is 37.6 Å². The number of unbranched alkanes of at least 4 members (excludes halogenated alkanes) is 1. The van der Waals surface area contributed by atoms with Crippen LogP contribution in [0.25, 0.3) is 0 Å². The van der Waals surface area contributed by atoms with Crippen molar-refractivity contribution in [2.24, 2.45) is 5.92 Å². The maximum atomic E-state index is 13.5. The molecule has 1 aromatic heterocycles. The number of carbonyl (C=O) groups excluding carboxylic acids is 2. The van der Waals surface area contributed by atoms with Gasteiger partial charge in [0.15, 0.2) is 11.5 Å². The Morgan fingerprint density at radius 2 is 2.08 bits per heavy atom. The second-order valence-corrected chi connectivity index (χ2v) is 9.50. The van der Waals surface area contributed by atoms with Crippen LogP contribution in [0.3, 0.4) is 0 Å². The molecule has 0 saturated carbocycles. The van der Waals surface area contributed by atoms with Crippen LogP contribution in [-0.4, -0.2) is 77.4 Å². The summed E-state index contributed by atoms with van der Waals surface area (Å²) in [7, 11) is 1.71. The minimum absolute atomic E-state index is 0.135. The maximum Gasteiger partial charge on any atom is 0.259 e. The van der Waals surface area contributed by atoms with E-state index < -0.39 is 12.1 Å². The Morgan fingerprint density at radius 1 is 1.30 bits per heavy atom. The molecule has 0 bridgehead atoms. The molecule has 3 heterocycles. The first-order chi connectivity index (χ1) is 17.8. The van der Waals surface area contributed by atoms with Gasteiger partial charge in [0.1, 0.15) is 11.7 Å². The van der Waals surface area contributed by atoms with Crippen molar-refractivity contribution in [3.8, 4) is 29.2 Å². The van der Waals surface area contributed by atoms with Crippen molar-refractivity contribution in [3.63, 3.8) is 0 Å². The van der Waals surface area contributed by atoms with Crippen molar-refractivity contribution in [2.75, 3.05) is 33.5 Å². The predicted octanol–water partition coefficient (Wildman–Crippen LogP) is 2.95. The van der Waals surface area contributed by atoms with Crippen molar-refractivity contribution in [2.45, 2.75) is 45.8 Å². The minimum atomic E-state index is -0.451. The molecule has 2 aromatic rings. The zero-order chi connectivity index (χ0) is 26.5. The fourth-order valence-corrected chi connectivity index (χ4v) is 4.28. The van der Waals surface area contributed by atoms with Gasteiger partial charge in [-0.25, -0.2) is 4.98 Å². The van der Waals surface area contributed by atoms with Crippen molar-refractivity contribution in [1.29, 1.82) is 0 Å². The summed E-state index contributed by atoms with van der Waals surface area (Å²) in [5.41, 5.74) is 1.40. The molecule has 9 heteroatoms. The number of benzene rings is 1. The third-order valence-electron chi connectivity index (χ3n) is 6.55. The van der Waals surface area contributed by atoms with Gasteiger partial charge in [0.2, 0.25) is 12.7 Å². The molecule has 3 atom stereocenters. The summed E-state index contributed by atoms with van der Waals surface area (Å²) in [5.74, 6) is 6.87. The van der Waals surface area contributed by atoms with Gasteiger partial charge in [-0.2, -0.15) is 0 Å². The molecule has 1 aromatic carbocycles. The Hall–Kier alpha value is -3.77. The second kappa shape index (κ2) is 11.5. The number of pyridine rings is 1. The molecule has 0 radical (unpaired) electrons. The molecule has 9 nitrogen and oxygen atoms in total. The van der Waals surface area contributed by atoms with E-state index in [0.29, 0.717) is 34.7 Å². The number of ether oxygens (including phenoxy) is 3. The summed E-state index contributed by atoms with van der Waals surface area (Å²) in [6.07, 6.45) is 2.83. The summed E-state index contributed by atoms with van der Waals surface area (Å²) < 4.78 is 17.0. The molecule has 2 aliphatic heterocycles. The van der Waals surface area contributed by atoms with E-state index in [1.165, 1.54) is 0 Å². The van der Waals surface area contributed by atoms with Crippen LogP contribution in [0.4, 0.5) is 0 Å². The SMILES string of the molecule is CCCC#Cc1cnc2c(c1)C(=O)N([C@H](C)CO)C[C@H](C)[C@H](CN(C)C(=O)c1ccc3c(c1)OCO3)O2.